The third-order valence-corrected chi connectivity index (χ3v) is 1.88. The van der Waals surface area contributed by atoms with Gasteiger partial charge in [0.25, 0.3) is 0 Å². The molecule has 2 rings (SSSR count). The number of benzene rings is 1. The summed E-state index contributed by atoms with van der Waals surface area (Å²) in [6.07, 6.45) is 1.71. The van der Waals surface area contributed by atoms with Crippen molar-refractivity contribution in [2.24, 2.45) is 0 Å². The van der Waals surface area contributed by atoms with Crippen molar-refractivity contribution in [3.63, 3.8) is 0 Å². The Labute approximate surface area is 96.9 Å². The largest absolute Gasteiger partial charge is 0.439 e. The summed E-state index contributed by atoms with van der Waals surface area (Å²) in [6.45, 7) is 6.05. The van der Waals surface area contributed by atoms with Crippen molar-refractivity contribution in [2.45, 2.75) is 20.8 Å². The molecule has 0 atom stereocenters. The molecule has 0 N–H and O–H groups in total. The summed E-state index contributed by atoms with van der Waals surface area (Å²) in [7, 11) is 0. The van der Waals surface area contributed by atoms with Crippen LogP contribution in [0.15, 0.2) is 48.7 Å². The van der Waals surface area contributed by atoms with Gasteiger partial charge in [-0.05, 0) is 25.1 Å². The monoisotopic (exact) mass is 215 g/mol. The van der Waals surface area contributed by atoms with Crippen molar-refractivity contribution in [3.8, 4) is 11.6 Å². The van der Waals surface area contributed by atoms with Gasteiger partial charge in [-0.15, -0.1) is 0 Å². The highest BCUT2D eigenvalue weighted by Gasteiger charge is 1.95. The molecule has 2 heteroatoms. The highest BCUT2D eigenvalue weighted by molar-refractivity contribution is 5.29. The fourth-order valence-electron chi connectivity index (χ4n) is 1.13. The topological polar surface area (TPSA) is 22.1 Å². The Kier molecular flexibility index (Phi) is 5.06. The zero-order valence-electron chi connectivity index (χ0n) is 9.97. The lowest BCUT2D eigenvalue weighted by molar-refractivity contribution is 0.463. The molecule has 1 aromatic heterocycles. The number of hydrogen-bond donors (Lipinski definition) is 0. The van der Waals surface area contributed by atoms with Crippen LogP contribution >= 0.6 is 0 Å². The van der Waals surface area contributed by atoms with Crippen molar-refractivity contribution in [1.29, 1.82) is 0 Å². The van der Waals surface area contributed by atoms with Crippen LogP contribution in [0.2, 0.25) is 0 Å². The summed E-state index contributed by atoms with van der Waals surface area (Å²) >= 11 is 0. The first kappa shape index (κ1) is 12.2. The number of ether oxygens (including phenoxy) is 1. The number of hydrogen-bond acceptors (Lipinski definition) is 2. The maximum Gasteiger partial charge on any atom is 0.219 e. The van der Waals surface area contributed by atoms with Gasteiger partial charge in [-0.25, -0.2) is 4.98 Å². The first-order valence-corrected chi connectivity index (χ1v) is 5.50. The van der Waals surface area contributed by atoms with Gasteiger partial charge in [0.2, 0.25) is 5.88 Å². The van der Waals surface area contributed by atoms with Gasteiger partial charge >= 0.3 is 0 Å². The fraction of sp³-hybridized carbons (Fsp3) is 0.214. The Bertz CT molecular complexity index is 395. The number of pyridine rings is 1. The molecular formula is C14H17NO. The van der Waals surface area contributed by atoms with Crippen LogP contribution in [0, 0.1) is 6.92 Å². The first-order valence-electron chi connectivity index (χ1n) is 5.50. The normalized spacial score (nSPS) is 8.94. The van der Waals surface area contributed by atoms with Gasteiger partial charge in [-0.1, -0.05) is 37.6 Å². The van der Waals surface area contributed by atoms with Gasteiger partial charge in [0.05, 0.1) is 0 Å². The highest BCUT2D eigenvalue weighted by atomic mass is 16.5. The summed E-state index contributed by atoms with van der Waals surface area (Å²) in [5.74, 6) is 1.44. The minimum Gasteiger partial charge on any atom is -0.439 e. The predicted molar refractivity (Wildman–Crippen MR) is 66.8 cm³/mol. The molecule has 0 saturated heterocycles. The van der Waals surface area contributed by atoms with E-state index in [9.17, 15) is 0 Å². The molecule has 1 aromatic carbocycles. The maximum absolute atomic E-state index is 5.52. The second-order valence-electron chi connectivity index (χ2n) is 3.08. The Hall–Kier alpha value is -1.83. The third-order valence-electron chi connectivity index (χ3n) is 1.88. The quantitative estimate of drug-likeness (QED) is 0.748. The molecule has 0 saturated carbocycles. The molecule has 0 aliphatic carbocycles. The highest BCUT2D eigenvalue weighted by Crippen LogP contribution is 2.18. The van der Waals surface area contributed by atoms with E-state index in [-0.39, 0.29) is 0 Å². The van der Waals surface area contributed by atoms with Gasteiger partial charge < -0.3 is 4.74 Å². The molecule has 1 heterocycles. The Morgan fingerprint density at radius 3 is 2.19 bits per heavy atom. The molecule has 2 nitrogen and oxygen atoms in total. The minimum absolute atomic E-state index is 0.622. The molecule has 2 aromatic rings. The Morgan fingerprint density at radius 1 is 0.938 bits per heavy atom. The second-order valence-corrected chi connectivity index (χ2v) is 3.08. The SMILES string of the molecule is CC.Cc1ccc(Oc2ccccn2)cc1. The average molecular weight is 215 g/mol. The standard InChI is InChI=1S/C12H11NO.C2H6/c1-10-5-7-11(8-6-10)14-12-4-2-3-9-13-12;1-2/h2-9H,1H3;1-2H3. The minimum atomic E-state index is 0.622. The Morgan fingerprint density at radius 2 is 1.62 bits per heavy atom. The van der Waals surface area contributed by atoms with Crippen molar-refractivity contribution in [2.75, 3.05) is 0 Å². The lowest BCUT2D eigenvalue weighted by Crippen LogP contribution is -1.86. The van der Waals surface area contributed by atoms with Crippen molar-refractivity contribution >= 4 is 0 Å². The van der Waals surface area contributed by atoms with Crippen LogP contribution in [-0.4, -0.2) is 4.98 Å². The van der Waals surface area contributed by atoms with Crippen LogP contribution in [0.5, 0.6) is 11.6 Å². The van der Waals surface area contributed by atoms with Crippen molar-refractivity contribution in [1.82, 2.24) is 4.98 Å². The van der Waals surface area contributed by atoms with E-state index in [1.54, 1.807) is 6.20 Å². The molecule has 0 radical (unpaired) electrons. The van der Waals surface area contributed by atoms with Crippen molar-refractivity contribution < 1.29 is 4.74 Å². The second kappa shape index (κ2) is 6.62. The van der Waals surface area contributed by atoms with E-state index in [0.29, 0.717) is 5.88 Å². The lowest BCUT2D eigenvalue weighted by atomic mass is 10.2. The van der Waals surface area contributed by atoms with Gasteiger partial charge in [-0.2, -0.15) is 0 Å². The number of nitrogens with zero attached hydrogens (tertiary/aromatic N) is 1. The zero-order chi connectivity index (χ0) is 11.8. The van der Waals surface area contributed by atoms with E-state index >= 15 is 0 Å². The third kappa shape index (κ3) is 3.73. The van der Waals surface area contributed by atoms with Crippen LogP contribution in [-0.2, 0) is 0 Å². The van der Waals surface area contributed by atoms with E-state index in [2.05, 4.69) is 4.98 Å². The van der Waals surface area contributed by atoms with E-state index < -0.39 is 0 Å². The maximum atomic E-state index is 5.52. The molecule has 0 fully saturated rings. The summed E-state index contributed by atoms with van der Waals surface area (Å²) in [6, 6.07) is 13.5. The predicted octanol–water partition coefficient (Wildman–Crippen LogP) is 4.21. The zero-order valence-corrected chi connectivity index (χ0v) is 9.97. The summed E-state index contributed by atoms with van der Waals surface area (Å²) in [5, 5.41) is 0. The molecule has 16 heavy (non-hydrogen) atoms. The van der Waals surface area contributed by atoms with Crippen LogP contribution in [0.1, 0.15) is 19.4 Å². The molecule has 0 spiro atoms. The van der Waals surface area contributed by atoms with Crippen LogP contribution in [0.4, 0.5) is 0 Å². The van der Waals surface area contributed by atoms with E-state index in [4.69, 9.17) is 4.74 Å². The summed E-state index contributed by atoms with van der Waals surface area (Å²) in [5.41, 5.74) is 1.22. The number of rotatable bonds is 2. The Balaban J connectivity index is 0.000000606. The molecule has 0 amide bonds. The first-order chi connectivity index (χ1) is 7.84. The van der Waals surface area contributed by atoms with Gasteiger partial charge in [0.15, 0.2) is 0 Å². The fourth-order valence-corrected chi connectivity index (χ4v) is 1.13. The molecule has 0 aliphatic rings. The smallest absolute Gasteiger partial charge is 0.219 e. The van der Waals surface area contributed by atoms with E-state index in [0.717, 1.165) is 5.75 Å². The number of aromatic nitrogens is 1. The summed E-state index contributed by atoms with van der Waals surface area (Å²) < 4.78 is 5.52. The van der Waals surface area contributed by atoms with E-state index in [1.165, 1.54) is 5.56 Å². The molecule has 84 valence electrons. The van der Waals surface area contributed by atoms with Gasteiger partial charge in [-0.3, -0.25) is 0 Å². The van der Waals surface area contributed by atoms with Gasteiger partial charge in [0, 0.05) is 12.3 Å². The molecule has 0 unspecified atom stereocenters. The molecule has 0 aliphatic heterocycles. The van der Waals surface area contributed by atoms with Crippen LogP contribution in [0.25, 0.3) is 0 Å². The average Bonchev–Trinajstić information content (AvgIpc) is 2.36. The van der Waals surface area contributed by atoms with Crippen LogP contribution in [0.3, 0.4) is 0 Å². The van der Waals surface area contributed by atoms with Gasteiger partial charge in [0.1, 0.15) is 5.75 Å². The summed E-state index contributed by atoms with van der Waals surface area (Å²) in [4.78, 5) is 4.07. The van der Waals surface area contributed by atoms with E-state index in [1.807, 2.05) is 63.2 Å². The lowest BCUT2D eigenvalue weighted by Gasteiger charge is -2.03. The van der Waals surface area contributed by atoms with Crippen LogP contribution < -0.4 is 4.74 Å². The molecule has 0 bridgehead atoms. The van der Waals surface area contributed by atoms with Crippen molar-refractivity contribution in [3.05, 3.63) is 54.2 Å². The number of aryl methyl sites for hydroxylation is 1. The molecular weight excluding hydrogens is 198 g/mol.